The third kappa shape index (κ3) is 3.74. The van der Waals surface area contributed by atoms with Crippen molar-refractivity contribution in [1.29, 1.82) is 0 Å². The maximum absolute atomic E-state index is 12.3. The first-order chi connectivity index (χ1) is 11.6. The van der Waals surface area contributed by atoms with Crippen LogP contribution >= 0.6 is 0 Å². The Labute approximate surface area is 141 Å². The highest BCUT2D eigenvalue weighted by atomic mass is 16.5. The van der Waals surface area contributed by atoms with Crippen LogP contribution in [-0.4, -0.2) is 17.9 Å². The zero-order chi connectivity index (χ0) is 16.9. The lowest BCUT2D eigenvalue weighted by atomic mass is 10.1. The summed E-state index contributed by atoms with van der Waals surface area (Å²) in [4.78, 5) is 23.5. The van der Waals surface area contributed by atoms with Gasteiger partial charge in [-0.05, 0) is 31.5 Å². The molecule has 2 atom stereocenters. The molecule has 1 aliphatic heterocycles. The molecular weight excluding hydrogens is 304 g/mol. The SMILES string of the molecule is C[C@H](NC(=O)[C@H]1CCC(=O)N1)c1ccccc1Oc1ccccc1. The van der Waals surface area contributed by atoms with Gasteiger partial charge in [0.05, 0.1) is 6.04 Å². The number of amides is 2. The molecule has 0 spiro atoms. The van der Waals surface area contributed by atoms with Crippen molar-refractivity contribution in [3.8, 4) is 11.5 Å². The highest BCUT2D eigenvalue weighted by molar-refractivity contribution is 5.90. The van der Waals surface area contributed by atoms with Gasteiger partial charge < -0.3 is 15.4 Å². The molecule has 2 aromatic carbocycles. The fourth-order valence-electron chi connectivity index (χ4n) is 2.75. The molecule has 2 N–H and O–H groups in total. The molecule has 0 radical (unpaired) electrons. The van der Waals surface area contributed by atoms with Crippen LogP contribution in [0.4, 0.5) is 0 Å². The van der Waals surface area contributed by atoms with Crippen LogP contribution in [0, 0.1) is 0 Å². The van der Waals surface area contributed by atoms with Gasteiger partial charge in [-0.25, -0.2) is 0 Å². The Morgan fingerprint density at radius 2 is 1.88 bits per heavy atom. The standard InChI is InChI=1S/C19H20N2O3/c1-13(20-19(23)16-11-12-18(22)21-16)15-9-5-6-10-17(15)24-14-7-3-2-4-8-14/h2-10,13,16H,11-12H2,1H3,(H,20,23)(H,21,22)/t13-,16+/m0/s1. The summed E-state index contributed by atoms with van der Waals surface area (Å²) in [5.41, 5.74) is 0.888. The van der Waals surface area contributed by atoms with Gasteiger partial charge in [0.1, 0.15) is 17.5 Å². The monoisotopic (exact) mass is 324 g/mol. The van der Waals surface area contributed by atoms with E-state index in [9.17, 15) is 9.59 Å². The number of hydrogen-bond donors (Lipinski definition) is 2. The summed E-state index contributed by atoms with van der Waals surface area (Å²) in [5.74, 6) is 1.21. The second-order valence-electron chi connectivity index (χ2n) is 5.84. The van der Waals surface area contributed by atoms with Crippen molar-refractivity contribution < 1.29 is 14.3 Å². The molecule has 0 bridgehead atoms. The number of para-hydroxylation sites is 2. The third-order valence-corrected chi connectivity index (χ3v) is 4.03. The largest absolute Gasteiger partial charge is 0.457 e. The molecule has 1 fully saturated rings. The maximum atomic E-state index is 12.3. The van der Waals surface area contributed by atoms with E-state index in [1.165, 1.54) is 0 Å². The van der Waals surface area contributed by atoms with E-state index in [2.05, 4.69) is 10.6 Å². The lowest BCUT2D eigenvalue weighted by molar-refractivity contribution is -0.126. The fraction of sp³-hybridized carbons (Fsp3) is 0.263. The molecule has 5 heteroatoms. The number of carbonyl (C=O) groups excluding carboxylic acids is 2. The van der Waals surface area contributed by atoms with E-state index in [-0.39, 0.29) is 17.9 Å². The zero-order valence-electron chi connectivity index (χ0n) is 13.5. The van der Waals surface area contributed by atoms with Crippen LogP contribution in [0.3, 0.4) is 0 Å². The molecule has 2 amide bonds. The van der Waals surface area contributed by atoms with E-state index >= 15 is 0 Å². The van der Waals surface area contributed by atoms with Crippen molar-refractivity contribution in [3.05, 3.63) is 60.2 Å². The van der Waals surface area contributed by atoms with Crippen molar-refractivity contribution in [2.45, 2.75) is 31.8 Å². The predicted molar refractivity (Wildman–Crippen MR) is 90.7 cm³/mol. The second-order valence-corrected chi connectivity index (χ2v) is 5.84. The average Bonchev–Trinajstić information content (AvgIpc) is 3.03. The molecule has 2 aromatic rings. The fourth-order valence-corrected chi connectivity index (χ4v) is 2.75. The Kier molecular flexibility index (Phi) is 4.79. The van der Waals surface area contributed by atoms with Crippen LogP contribution in [0.1, 0.15) is 31.4 Å². The molecular formula is C19H20N2O3. The van der Waals surface area contributed by atoms with E-state index in [1.54, 1.807) is 0 Å². The predicted octanol–water partition coefficient (Wildman–Crippen LogP) is 2.93. The third-order valence-electron chi connectivity index (χ3n) is 4.03. The summed E-state index contributed by atoms with van der Waals surface area (Å²) in [7, 11) is 0. The summed E-state index contributed by atoms with van der Waals surface area (Å²) in [6.45, 7) is 1.90. The van der Waals surface area contributed by atoms with Crippen molar-refractivity contribution in [2.75, 3.05) is 0 Å². The van der Waals surface area contributed by atoms with Crippen molar-refractivity contribution >= 4 is 11.8 Å². The molecule has 1 aliphatic rings. The first-order valence-electron chi connectivity index (χ1n) is 8.05. The number of carbonyl (C=O) groups is 2. The summed E-state index contributed by atoms with van der Waals surface area (Å²) in [6.07, 6.45) is 0.944. The lowest BCUT2D eigenvalue weighted by Gasteiger charge is -2.20. The molecule has 3 rings (SSSR count). The Hall–Kier alpha value is -2.82. The van der Waals surface area contributed by atoms with E-state index in [0.717, 1.165) is 11.3 Å². The van der Waals surface area contributed by atoms with Gasteiger partial charge in [-0.15, -0.1) is 0 Å². The normalized spacial score (nSPS) is 17.9. The topological polar surface area (TPSA) is 67.4 Å². The Bertz CT molecular complexity index is 730. The van der Waals surface area contributed by atoms with Gasteiger partial charge >= 0.3 is 0 Å². The summed E-state index contributed by atoms with van der Waals surface area (Å²) < 4.78 is 5.93. The molecule has 1 heterocycles. The summed E-state index contributed by atoms with van der Waals surface area (Å²) >= 11 is 0. The Balaban J connectivity index is 1.71. The quantitative estimate of drug-likeness (QED) is 0.888. The van der Waals surface area contributed by atoms with Gasteiger partial charge in [0.15, 0.2) is 0 Å². The van der Waals surface area contributed by atoms with Crippen LogP contribution in [0.5, 0.6) is 11.5 Å². The van der Waals surface area contributed by atoms with Gasteiger partial charge in [0.2, 0.25) is 11.8 Å². The molecule has 0 aromatic heterocycles. The average molecular weight is 324 g/mol. The molecule has 24 heavy (non-hydrogen) atoms. The number of benzene rings is 2. The summed E-state index contributed by atoms with van der Waals surface area (Å²) in [6, 6.07) is 16.5. The Morgan fingerprint density at radius 3 is 2.58 bits per heavy atom. The molecule has 0 saturated carbocycles. The van der Waals surface area contributed by atoms with E-state index in [1.807, 2.05) is 61.5 Å². The zero-order valence-corrected chi connectivity index (χ0v) is 13.5. The highest BCUT2D eigenvalue weighted by Crippen LogP contribution is 2.29. The minimum absolute atomic E-state index is 0.0735. The van der Waals surface area contributed by atoms with E-state index < -0.39 is 6.04 Å². The van der Waals surface area contributed by atoms with Crippen LogP contribution in [-0.2, 0) is 9.59 Å². The smallest absolute Gasteiger partial charge is 0.243 e. The van der Waals surface area contributed by atoms with E-state index in [4.69, 9.17) is 4.74 Å². The number of nitrogens with one attached hydrogen (secondary N) is 2. The highest BCUT2D eigenvalue weighted by Gasteiger charge is 2.28. The first-order valence-corrected chi connectivity index (χ1v) is 8.05. The van der Waals surface area contributed by atoms with Gasteiger partial charge in [0.25, 0.3) is 0 Å². The van der Waals surface area contributed by atoms with Crippen molar-refractivity contribution in [1.82, 2.24) is 10.6 Å². The Morgan fingerprint density at radius 1 is 1.17 bits per heavy atom. The van der Waals surface area contributed by atoms with Gasteiger partial charge in [-0.2, -0.15) is 0 Å². The second kappa shape index (κ2) is 7.17. The molecule has 5 nitrogen and oxygen atoms in total. The van der Waals surface area contributed by atoms with Gasteiger partial charge in [-0.1, -0.05) is 36.4 Å². The van der Waals surface area contributed by atoms with Gasteiger partial charge in [-0.3, -0.25) is 9.59 Å². The van der Waals surface area contributed by atoms with E-state index in [0.29, 0.717) is 18.6 Å². The maximum Gasteiger partial charge on any atom is 0.243 e. The minimum atomic E-state index is -0.442. The van der Waals surface area contributed by atoms with Crippen LogP contribution < -0.4 is 15.4 Å². The summed E-state index contributed by atoms with van der Waals surface area (Å²) in [5, 5.41) is 5.63. The van der Waals surface area contributed by atoms with Crippen LogP contribution in [0.15, 0.2) is 54.6 Å². The number of rotatable bonds is 5. The number of ether oxygens (including phenoxy) is 1. The van der Waals surface area contributed by atoms with Crippen molar-refractivity contribution in [2.24, 2.45) is 0 Å². The minimum Gasteiger partial charge on any atom is -0.457 e. The molecule has 1 saturated heterocycles. The molecule has 0 aliphatic carbocycles. The first kappa shape index (κ1) is 16.1. The van der Waals surface area contributed by atoms with Gasteiger partial charge in [0, 0.05) is 12.0 Å². The molecule has 0 unspecified atom stereocenters. The van der Waals surface area contributed by atoms with Crippen molar-refractivity contribution in [3.63, 3.8) is 0 Å². The number of hydrogen-bond acceptors (Lipinski definition) is 3. The van der Waals surface area contributed by atoms with Crippen LogP contribution in [0.2, 0.25) is 0 Å². The van der Waals surface area contributed by atoms with Crippen LogP contribution in [0.25, 0.3) is 0 Å². The molecule has 124 valence electrons. The lowest BCUT2D eigenvalue weighted by Crippen LogP contribution is -2.42.